The van der Waals surface area contributed by atoms with Gasteiger partial charge in [-0.1, -0.05) is 24.3 Å². The topological polar surface area (TPSA) is 88.5 Å². The third-order valence-electron chi connectivity index (χ3n) is 2.77. The average molecular weight is 286 g/mol. The molecular formula is C15H14N2O4. The van der Waals surface area contributed by atoms with E-state index in [2.05, 4.69) is 10.3 Å². The van der Waals surface area contributed by atoms with Crippen LogP contribution in [-0.4, -0.2) is 29.1 Å². The lowest BCUT2D eigenvalue weighted by Crippen LogP contribution is -2.16. The number of carboxylic acid groups (broad SMARTS) is 1. The highest BCUT2D eigenvalue weighted by Gasteiger charge is 2.12. The van der Waals surface area contributed by atoms with Crippen LogP contribution in [0.1, 0.15) is 26.5 Å². The average Bonchev–Trinajstić information content (AvgIpc) is 2.49. The van der Waals surface area contributed by atoms with Crippen molar-refractivity contribution in [1.82, 2.24) is 4.98 Å². The second-order valence-corrected chi connectivity index (χ2v) is 4.26. The van der Waals surface area contributed by atoms with Gasteiger partial charge in [-0.3, -0.25) is 4.79 Å². The van der Waals surface area contributed by atoms with Crippen molar-refractivity contribution in [3.05, 3.63) is 59.4 Å². The molecule has 0 aliphatic heterocycles. The number of aromatic carboxylic acids is 1. The van der Waals surface area contributed by atoms with E-state index in [0.29, 0.717) is 12.3 Å². The molecule has 21 heavy (non-hydrogen) atoms. The number of anilines is 1. The summed E-state index contributed by atoms with van der Waals surface area (Å²) in [5.41, 5.74) is 1.30. The number of carbonyl (C=O) groups excluding carboxylic acids is 1. The van der Waals surface area contributed by atoms with Gasteiger partial charge in [-0.15, -0.1) is 0 Å². The fourth-order valence-corrected chi connectivity index (χ4v) is 1.79. The number of benzene rings is 1. The Hall–Kier alpha value is -2.73. The summed E-state index contributed by atoms with van der Waals surface area (Å²) in [6.07, 6.45) is 0. The van der Waals surface area contributed by atoms with E-state index in [1.165, 1.54) is 18.2 Å². The first-order valence-electron chi connectivity index (χ1n) is 6.20. The van der Waals surface area contributed by atoms with Crippen LogP contribution in [0.15, 0.2) is 42.5 Å². The Morgan fingerprint density at radius 2 is 1.86 bits per heavy atom. The first-order chi connectivity index (χ1) is 10.1. The van der Waals surface area contributed by atoms with Crippen LogP contribution in [0.25, 0.3) is 0 Å². The standard InChI is InChI=1S/C15H14N2O4/c1-21-9-10-5-2-3-6-11(10)17-14(18)12-7-4-8-13(16-12)15(19)20/h2-8H,9H2,1H3,(H,17,18)(H,19,20). The number of para-hydroxylation sites is 1. The Bertz CT molecular complexity index is 670. The Balaban J connectivity index is 2.22. The summed E-state index contributed by atoms with van der Waals surface area (Å²) in [4.78, 5) is 26.8. The first kappa shape index (κ1) is 14.7. The van der Waals surface area contributed by atoms with Crippen molar-refractivity contribution in [2.75, 3.05) is 12.4 Å². The number of amides is 1. The summed E-state index contributed by atoms with van der Waals surface area (Å²) < 4.78 is 5.06. The number of carboxylic acids is 1. The predicted octanol–water partition coefficient (Wildman–Crippen LogP) is 2.18. The zero-order chi connectivity index (χ0) is 15.2. The van der Waals surface area contributed by atoms with E-state index >= 15 is 0 Å². The van der Waals surface area contributed by atoms with Gasteiger partial charge in [0.05, 0.1) is 6.61 Å². The number of ether oxygens (including phenoxy) is 1. The Labute approximate surface area is 121 Å². The van der Waals surface area contributed by atoms with Crippen LogP contribution >= 0.6 is 0 Å². The molecule has 2 rings (SSSR count). The number of nitrogens with one attached hydrogen (secondary N) is 1. The van der Waals surface area contributed by atoms with Gasteiger partial charge in [-0.2, -0.15) is 0 Å². The van der Waals surface area contributed by atoms with Gasteiger partial charge in [0.2, 0.25) is 0 Å². The van der Waals surface area contributed by atoms with Crippen LogP contribution in [0, 0.1) is 0 Å². The van der Waals surface area contributed by atoms with Crippen molar-refractivity contribution < 1.29 is 19.4 Å². The van der Waals surface area contributed by atoms with Gasteiger partial charge < -0.3 is 15.2 Å². The molecule has 0 fully saturated rings. The molecule has 1 aromatic carbocycles. The number of hydrogen-bond acceptors (Lipinski definition) is 4. The first-order valence-corrected chi connectivity index (χ1v) is 6.20. The van der Waals surface area contributed by atoms with E-state index in [-0.39, 0.29) is 11.4 Å². The number of pyridine rings is 1. The van der Waals surface area contributed by atoms with E-state index in [9.17, 15) is 9.59 Å². The molecule has 6 nitrogen and oxygen atoms in total. The molecule has 2 aromatic rings. The third kappa shape index (κ3) is 3.64. The minimum absolute atomic E-state index is 0.0436. The number of hydrogen-bond donors (Lipinski definition) is 2. The van der Waals surface area contributed by atoms with Crippen LogP contribution in [0.4, 0.5) is 5.69 Å². The lowest BCUT2D eigenvalue weighted by atomic mass is 10.2. The highest BCUT2D eigenvalue weighted by atomic mass is 16.5. The molecule has 0 radical (unpaired) electrons. The molecule has 0 bridgehead atoms. The molecule has 0 saturated heterocycles. The van der Waals surface area contributed by atoms with Gasteiger partial charge >= 0.3 is 5.97 Å². The van der Waals surface area contributed by atoms with Gasteiger partial charge in [0.25, 0.3) is 5.91 Å². The minimum Gasteiger partial charge on any atom is -0.477 e. The van der Waals surface area contributed by atoms with Crippen molar-refractivity contribution in [1.29, 1.82) is 0 Å². The molecule has 0 saturated carbocycles. The lowest BCUT2D eigenvalue weighted by Gasteiger charge is -2.10. The molecular weight excluding hydrogens is 272 g/mol. The molecule has 108 valence electrons. The van der Waals surface area contributed by atoms with Gasteiger partial charge in [-0.25, -0.2) is 9.78 Å². The molecule has 1 amide bonds. The zero-order valence-electron chi connectivity index (χ0n) is 11.4. The van der Waals surface area contributed by atoms with Crippen molar-refractivity contribution in [3.63, 3.8) is 0 Å². The number of aromatic nitrogens is 1. The number of carbonyl (C=O) groups is 2. The quantitative estimate of drug-likeness (QED) is 0.879. The summed E-state index contributed by atoms with van der Waals surface area (Å²) >= 11 is 0. The van der Waals surface area contributed by atoms with Crippen LogP contribution in [0.2, 0.25) is 0 Å². The van der Waals surface area contributed by atoms with E-state index in [4.69, 9.17) is 9.84 Å². The second kappa shape index (κ2) is 6.62. The molecule has 6 heteroatoms. The van der Waals surface area contributed by atoms with Crippen molar-refractivity contribution >= 4 is 17.6 Å². The van der Waals surface area contributed by atoms with Crippen LogP contribution in [0.5, 0.6) is 0 Å². The number of rotatable bonds is 5. The maximum Gasteiger partial charge on any atom is 0.354 e. The lowest BCUT2D eigenvalue weighted by molar-refractivity contribution is 0.0690. The van der Waals surface area contributed by atoms with Gasteiger partial charge in [0.1, 0.15) is 11.4 Å². The molecule has 1 heterocycles. The van der Waals surface area contributed by atoms with E-state index in [1.807, 2.05) is 12.1 Å². The normalized spacial score (nSPS) is 10.1. The number of methoxy groups -OCH3 is 1. The summed E-state index contributed by atoms with van der Waals surface area (Å²) in [5.74, 6) is -1.65. The SMILES string of the molecule is COCc1ccccc1NC(=O)c1cccc(C(=O)O)n1. The maximum absolute atomic E-state index is 12.1. The molecule has 1 aromatic heterocycles. The fraction of sp³-hybridized carbons (Fsp3) is 0.133. The predicted molar refractivity (Wildman–Crippen MR) is 76.3 cm³/mol. The van der Waals surface area contributed by atoms with Crippen molar-refractivity contribution in [2.24, 2.45) is 0 Å². The molecule has 0 unspecified atom stereocenters. The van der Waals surface area contributed by atoms with Gasteiger partial charge in [0.15, 0.2) is 0 Å². The molecule has 0 aliphatic carbocycles. The largest absolute Gasteiger partial charge is 0.477 e. The van der Waals surface area contributed by atoms with Gasteiger partial charge in [0, 0.05) is 18.4 Å². The highest BCUT2D eigenvalue weighted by molar-refractivity contribution is 6.03. The Morgan fingerprint density at radius 1 is 1.14 bits per heavy atom. The third-order valence-corrected chi connectivity index (χ3v) is 2.77. The number of nitrogens with zero attached hydrogens (tertiary/aromatic N) is 1. The van der Waals surface area contributed by atoms with E-state index in [1.54, 1.807) is 19.2 Å². The smallest absolute Gasteiger partial charge is 0.354 e. The summed E-state index contributed by atoms with van der Waals surface area (Å²) in [5, 5.41) is 11.6. The van der Waals surface area contributed by atoms with Gasteiger partial charge in [-0.05, 0) is 18.2 Å². The van der Waals surface area contributed by atoms with Crippen LogP contribution in [0.3, 0.4) is 0 Å². The van der Waals surface area contributed by atoms with Crippen molar-refractivity contribution in [2.45, 2.75) is 6.61 Å². The molecule has 2 N–H and O–H groups in total. The van der Waals surface area contributed by atoms with Crippen molar-refractivity contribution in [3.8, 4) is 0 Å². The molecule has 0 spiro atoms. The monoisotopic (exact) mass is 286 g/mol. The van der Waals surface area contributed by atoms with E-state index in [0.717, 1.165) is 5.56 Å². The van der Waals surface area contributed by atoms with Crippen LogP contribution in [-0.2, 0) is 11.3 Å². The zero-order valence-corrected chi connectivity index (χ0v) is 11.4. The van der Waals surface area contributed by atoms with E-state index < -0.39 is 11.9 Å². The minimum atomic E-state index is -1.18. The molecule has 0 atom stereocenters. The molecule has 0 aliphatic rings. The summed E-state index contributed by atoms with van der Waals surface area (Å²) in [7, 11) is 1.57. The Morgan fingerprint density at radius 3 is 2.57 bits per heavy atom. The Kier molecular flexibility index (Phi) is 4.63. The van der Waals surface area contributed by atoms with Crippen LogP contribution < -0.4 is 5.32 Å². The maximum atomic E-state index is 12.1. The summed E-state index contributed by atoms with van der Waals surface area (Å²) in [6, 6.07) is 11.5. The fourth-order valence-electron chi connectivity index (χ4n) is 1.79. The second-order valence-electron chi connectivity index (χ2n) is 4.26. The summed E-state index contributed by atoms with van der Waals surface area (Å²) in [6.45, 7) is 0.360. The highest BCUT2D eigenvalue weighted by Crippen LogP contribution is 2.16.